The highest BCUT2D eigenvalue weighted by molar-refractivity contribution is 9.10. The average molecular weight is 679 g/mol. The van der Waals surface area contributed by atoms with Gasteiger partial charge >= 0.3 is 0 Å². The van der Waals surface area contributed by atoms with Crippen molar-refractivity contribution in [2.75, 3.05) is 20.0 Å². The fraction of sp³-hybridized carbons (Fsp3) is 0.321. The number of benzene rings is 3. The molecule has 0 saturated carbocycles. The molecular formula is C28H36BrN5O4S2Si. The van der Waals surface area contributed by atoms with Gasteiger partial charge in [0, 0.05) is 30.5 Å². The van der Waals surface area contributed by atoms with Gasteiger partial charge < -0.3 is 15.3 Å². The first-order valence-electron chi connectivity index (χ1n) is 12.8. The molecule has 0 saturated heterocycles. The van der Waals surface area contributed by atoms with E-state index in [1.54, 1.807) is 50.6 Å². The van der Waals surface area contributed by atoms with Crippen LogP contribution in [0.1, 0.15) is 16.7 Å². The minimum absolute atomic E-state index is 0.0228. The Morgan fingerprint density at radius 3 is 1.88 bits per heavy atom. The lowest BCUT2D eigenvalue weighted by atomic mass is 10.2. The summed E-state index contributed by atoms with van der Waals surface area (Å²) in [5.74, 6) is 7.52. The summed E-state index contributed by atoms with van der Waals surface area (Å²) in [6, 6.07) is 19.1. The van der Waals surface area contributed by atoms with Crippen molar-refractivity contribution in [3.8, 4) is 11.5 Å². The molecule has 0 fully saturated rings. The van der Waals surface area contributed by atoms with Gasteiger partial charge in [-0.1, -0.05) is 43.9 Å². The van der Waals surface area contributed by atoms with E-state index in [4.69, 9.17) is 20.8 Å². The predicted molar refractivity (Wildman–Crippen MR) is 171 cm³/mol. The van der Waals surface area contributed by atoms with Crippen LogP contribution in [0.4, 0.5) is 0 Å². The van der Waals surface area contributed by atoms with Gasteiger partial charge in [-0.25, -0.2) is 13.9 Å². The van der Waals surface area contributed by atoms with Crippen molar-refractivity contribution in [2.24, 2.45) is 16.1 Å². The van der Waals surface area contributed by atoms with Gasteiger partial charge in [-0.05, 0) is 75.3 Å². The molecule has 0 spiro atoms. The SMILES string of the molecule is COc1ccc(CN(Cc2ccc(OC)cc2)S(=O)(=O)c2c(SCC[Si](C)(C)C)ccc(Br)c2/C(N=N)=N/N)cc1. The van der Waals surface area contributed by atoms with E-state index in [0.717, 1.165) is 22.9 Å². The molecule has 0 heterocycles. The van der Waals surface area contributed by atoms with Crippen LogP contribution in [-0.4, -0.2) is 46.6 Å². The van der Waals surface area contributed by atoms with Crippen molar-refractivity contribution in [3.05, 3.63) is 81.8 Å². The van der Waals surface area contributed by atoms with E-state index in [1.807, 2.05) is 24.3 Å². The van der Waals surface area contributed by atoms with E-state index in [2.05, 4.69) is 45.8 Å². The van der Waals surface area contributed by atoms with Crippen LogP contribution in [0.3, 0.4) is 0 Å². The van der Waals surface area contributed by atoms with Crippen LogP contribution in [0.5, 0.6) is 11.5 Å². The molecule has 0 bridgehead atoms. The number of hydrogen-bond donors (Lipinski definition) is 2. The maximum absolute atomic E-state index is 14.7. The van der Waals surface area contributed by atoms with Crippen molar-refractivity contribution >= 4 is 51.6 Å². The zero-order valence-corrected chi connectivity index (χ0v) is 28.1. The Bertz CT molecular complexity index is 1430. The number of hydrazone groups is 1. The van der Waals surface area contributed by atoms with Gasteiger partial charge in [0.25, 0.3) is 0 Å². The molecule has 0 aromatic heterocycles. The molecule has 9 nitrogen and oxygen atoms in total. The van der Waals surface area contributed by atoms with Crippen LogP contribution in [-0.2, 0) is 23.1 Å². The fourth-order valence-corrected chi connectivity index (χ4v) is 10.2. The molecular weight excluding hydrogens is 642 g/mol. The largest absolute Gasteiger partial charge is 0.497 e. The smallest absolute Gasteiger partial charge is 0.245 e. The Balaban J connectivity index is 2.19. The second-order valence-electron chi connectivity index (χ2n) is 10.4. The number of sulfonamides is 1. The number of methoxy groups -OCH3 is 2. The summed E-state index contributed by atoms with van der Waals surface area (Å²) in [5.41, 5.74) is 9.42. The number of hydrogen-bond acceptors (Lipinski definition) is 8. The molecule has 13 heteroatoms. The minimum atomic E-state index is -4.19. The molecule has 3 rings (SSSR count). The maximum Gasteiger partial charge on any atom is 0.245 e. The van der Waals surface area contributed by atoms with E-state index in [-0.39, 0.29) is 29.4 Å². The van der Waals surface area contributed by atoms with E-state index in [0.29, 0.717) is 20.9 Å². The number of ether oxygens (including phenoxy) is 2. The lowest BCUT2D eigenvalue weighted by molar-refractivity contribution is 0.396. The number of halogens is 1. The monoisotopic (exact) mass is 677 g/mol. The van der Waals surface area contributed by atoms with Gasteiger partial charge in [-0.15, -0.1) is 16.9 Å². The first-order chi connectivity index (χ1) is 19.4. The molecule has 3 aromatic rings. The van der Waals surface area contributed by atoms with Crippen LogP contribution in [0.15, 0.2) is 85.1 Å². The topological polar surface area (TPSA) is 130 Å². The Morgan fingerprint density at radius 2 is 1.46 bits per heavy atom. The van der Waals surface area contributed by atoms with E-state index in [1.165, 1.54) is 16.1 Å². The first-order valence-corrected chi connectivity index (χ1v) is 19.7. The number of nitrogens with one attached hydrogen (secondary N) is 1. The van der Waals surface area contributed by atoms with Gasteiger partial charge in [-0.3, -0.25) is 0 Å². The third kappa shape index (κ3) is 8.64. The summed E-state index contributed by atoms with van der Waals surface area (Å²) in [6.07, 6.45) is 0. The Labute approximate surface area is 256 Å². The summed E-state index contributed by atoms with van der Waals surface area (Å²) < 4.78 is 41.9. The Morgan fingerprint density at radius 1 is 0.951 bits per heavy atom. The molecule has 0 amide bonds. The predicted octanol–water partition coefficient (Wildman–Crippen LogP) is 6.94. The van der Waals surface area contributed by atoms with Crippen LogP contribution in [0.2, 0.25) is 25.7 Å². The molecule has 0 atom stereocenters. The molecule has 0 aliphatic carbocycles. The zero-order chi connectivity index (χ0) is 30.2. The van der Waals surface area contributed by atoms with Crippen molar-refractivity contribution in [2.45, 2.75) is 48.6 Å². The molecule has 3 aromatic carbocycles. The molecule has 0 aliphatic rings. The quantitative estimate of drug-likeness (QED) is 0.0383. The first kappa shape index (κ1) is 32.8. The lowest BCUT2D eigenvalue weighted by Crippen LogP contribution is -2.32. The average Bonchev–Trinajstić information content (AvgIpc) is 2.94. The molecule has 41 heavy (non-hydrogen) atoms. The molecule has 0 aliphatic heterocycles. The number of rotatable bonds is 13. The summed E-state index contributed by atoms with van der Waals surface area (Å²) >= 11 is 4.96. The second kappa shape index (κ2) is 14.5. The van der Waals surface area contributed by atoms with E-state index >= 15 is 0 Å². The number of amidine groups is 1. The summed E-state index contributed by atoms with van der Waals surface area (Å²) in [7, 11) is -2.40. The van der Waals surface area contributed by atoms with Crippen molar-refractivity contribution in [1.29, 1.82) is 5.53 Å². The van der Waals surface area contributed by atoms with Gasteiger partial charge in [0.2, 0.25) is 15.9 Å². The lowest BCUT2D eigenvalue weighted by Gasteiger charge is -2.26. The van der Waals surface area contributed by atoms with E-state index in [9.17, 15) is 8.42 Å². The third-order valence-corrected chi connectivity index (χ3v) is 12.1. The highest BCUT2D eigenvalue weighted by Crippen LogP contribution is 2.38. The number of nitrogens with zero attached hydrogens (tertiary/aromatic N) is 3. The zero-order valence-electron chi connectivity index (χ0n) is 23.8. The normalized spacial score (nSPS) is 12.4. The summed E-state index contributed by atoms with van der Waals surface area (Å²) in [4.78, 5) is 0.579. The van der Waals surface area contributed by atoms with Crippen LogP contribution in [0.25, 0.3) is 0 Å². The van der Waals surface area contributed by atoms with Gasteiger partial charge in [0.1, 0.15) is 16.4 Å². The van der Waals surface area contributed by atoms with Crippen LogP contribution in [0, 0.1) is 5.53 Å². The highest BCUT2D eigenvalue weighted by Gasteiger charge is 2.33. The molecule has 220 valence electrons. The summed E-state index contributed by atoms with van der Waals surface area (Å²) in [6.45, 7) is 7.03. The van der Waals surface area contributed by atoms with Crippen LogP contribution >= 0.6 is 27.7 Å². The maximum atomic E-state index is 14.7. The molecule has 0 radical (unpaired) electrons. The number of nitrogens with two attached hydrogens (primary N) is 1. The minimum Gasteiger partial charge on any atom is -0.497 e. The van der Waals surface area contributed by atoms with E-state index < -0.39 is 18.1 Å². The van der Waals surface area contributed by atoms with Gasteiger partial charge in [0.05, 0.1) is 19.8 Å². The van der Waals surface area contributed by atoms with Gasteiger partial charge in [0.15, 0.2) is 0 Å². The van der Waals surface area contributed by atoms with Crippen molar-refractivity contribution in [1.82, 2.24) is 4.31 Å². The van der Waals surface area contributed by atoms with Crippen molar-refractivity contribution < 1.29 is 17.9 Å². The van der Waals surface area contributed by atoms with Gasteiger partial charge in [-0.2, -0.15) is 9.41 Å². The number of thioether (sulfide) groups is 1. The Hall–Kier alpha value is -2.71. The van der Waals surface area contributed by atoms with Crippen molar-refractivity contribution in [3.63, 3.8) is 0 Å². The highest BCUT2D eigenvalue weighted by atomic mass is 79.9. The summed E-state index contributed by atoms with van der Waals surface area (Å²) in [5, 5.41) is 7.13. The Kier molecular flexibility index (Phi) is 11.6. The fourth-order valence-electron chi connectivity index (χ4n) is 3.96. The third-order valence-electron chi connectivity index (χ3n) is 6.27. The molecule has 3 N–H and O–H groups in total. The molecule has 0 unspecified atom stereocenters. The standard InChI is InChI=1S/C28H36BrN5O4S2Si/c1-37-22-10-6-20(7-11-22)18-34(19-21-8-12-23(38-2)13-9-21)40(35,36)27-25(39-16-17-41(3,4)5)15-14-24(29)26(27)28(32-30)33-31/h6-15,30H,16-19,31H2,1-5H3/b32-30?,33-28-. The van der Waals surface area contributed by atoms with Crippen LogP contribution < -0.4 is 15.3 Å². The second-order valence-corrected chi connectivity index (χ2v) is 19.9.